The number of nitrogens with zero attached hydrogens (tertiary/aromatic N) is 1. The predicted octanol–water partition coefficient (Wildman–Crippen LogP) is 3.52. The van der Waals surface area contributed by atoms with Crippen molar-refractivity contribution < 1.29 is 18.7 Å². The van der Waals surface area contributed by atoms with Crippen molar-refractivity contribution in [3.8, 4) is 0 Å². The number of piperidine rings is 1. The van der Waals surface area contributed by atoms with E-state index in [4.69, 9.17) is 9.47 Å². The average molecular weight is 369 g/mol. The molecule has 1 spiro atoms. The van der Waals surface area contributed by atoms with E-state index in [9.17, 15) is 9.18 Å². The zero-order chi connectivity index (χ0) is 18.7. The first kappa shape index (κ1) is 18.1. The van der Waals surface area contributed by atoms with Gasteiger partial charge in [0, 0.05) is 25.9 Å². The Morgan fingerprint density at radius 1 is 1.00 bits per heavy atom. The van der Waals surface area contributed by atoms with Crippen molar-refractivity contribution in [1.82, 2.24) is 4.90 Å². The molecular weight excluding hydrogens is 345 g/mol. The highest BCUT2D eigenvalue weighted by atomic mass is 19.1. The SMILES string of the molecule is O=C(C(Cc1ccccc1)c1ccc(F)cc1)N1CCC2(CC1)OCCO2. The zero-order valence-electron chi connectivity index (χ0n) is 15.3. The largest absolute Gasteiger partial charge is 0.347 e. The highest BCUT2D eigenvalue weighted by Gasteiger charge is 2.41. The minimum Gasteiger partial charge on any atom is -0.347 e. The molecule has 0 saturated carbocycles. The summed E-state index contributed by atoms with van der Waals surface area (Å²) in [7, 11) is 0. The molecule has 5 heteroatoms. The number of halogens is 1. The number of rotatable bonds is 4. The van der Waals surface area contributed by atoms with Gasteiger partial charge in [-0.25, -0.2) is 4.39 Å². The number of benzene rings is 2. The molecular formula is C22H24FNO3. The summed E-state index contributed by atoms with van der Waals surface area (Å²) in [4.78, 5) is 15.2. The normalized spacial score (nSPS) is 20.0. The maximum Gasteiger partial charge on any atom is 0.230 e. The highest BCUT2D eigenvalue weighted by Crippen LogP contribution is 2.33. The lowest BCUT2D eigenvalue weighted by Gasteiger charge is -2.39. The fourth-order valence-corrected chi connectivity index (χ4v) is 3.97. The molecule has 0 aromatic heterocycles. The minimum absolute atomic E-state index is 0.0818. The van der Waals surface area contributed by atoms with Crippen LogP contribution >= 0.6 is 0 Å². The number of carbonyl (C=O) groups is 1. The fourth-order valence-electron chi connectivity index (χ4n) is 3.97. The van der Waals surface area contributed by atoms with Crippen LogP contribution in [0.3, 0.4) is 0 Å². The van der Waals surface area contributed by atoms with Gasteiger partial charge in [-0.15, -0.1) is 0 Å². The molecule has 2 aromatic rings. The number of hydrogen-bond donors (Lipinski definition) is 0. The molecule has 2 aromatic carbocycles. The van der Waals surface area contributed by atoms with Gasteiger partial charge >= 0.3 is 0 Å². The van der Waals surface area contributed by atoms with Crippen molar-refractivity contribution in [2.75, 3.05) is 26.3 Å². The van der Waals surface area contributed by atoms with Gasteiger partial charge in [0.15, 0.2) is 5.79 Å². The van der Waals surface area contributed by atoms with Crippen LogP contribution in [0.25, 0.3) is 0 Å². The fraction of sp³-hybridized carbons (Fsp3) is 0.409. The maximum atomic E-state index is 13.4. The first-order chi connectivity index (χ1) is 13.2. The van der Waals surface area contributed by atoms with Gasteiger partial charge in [-0.1, -0.05) is 42.5 Å². The molecule has 2 aliphatic rings. The summed E-state index contributed by atoms with van der Waals surface area (Å²) < 4.78 is 24.9. The van der Waals surface area contributed by atoms with E-state index in [1.165, 1.54) is 12.1 Å². The molecule has 2 aliphatic heterocycles. The highest BCUT2D eigenvalue weighted by molar-refractivity contribution is 5.84. The topological polar surface area (TPSA) is 38.8 Å². The molecule has 142 valence electrons. The summed E-state index contributed by atoms with van der Waals surface area (Å²) >= 11 is 0. The van der Waals surface area contributed by atoms with E-state index in [0.29, 0.717) is 45.6 Å². The predicted molar refractivity (Wildman–Crippen MR) is 99.7 cm³/mol. The molecule has 1 unspecified atom stereocenters. The molecule has 0 radical (unpaired) electrons. The Hall–Kier alpha value is -2.24. The Morgan fingerprint density at radius 3 is 2.26 bits per heavy atom. The third kappa shape index (κ3) is 4.04. The third-order valence-electron chi connectivity index (χ3n) is 5.50. The Kier molecular flexibility index (Phi) is 5.23. The molecule has 4 nitrogen and oxygen atoms in total. The van der Waals surface area contributed by atoms with E-state index in [-0.39, 0.29) is 17.6 Å². The van der Waals surface area contributed by atoms with Gasteiger partial charge < -0.3 is 14.4 Å². The van der Waals surface area contributed by atoms with Crippen LogP contribution in [-0.4, -0.2) is 42.9 Å². The first-order valence-corrected chi connectivity index (χ1v) is 9.51. The Labute approximate surface area is 158 Å². The van der Waals surface area contributed by atoms with E-state index in [2.05, 4.69) is 0 Å². The number of likely N-dealkylation sites (tertiary alicyclic amines) is 1. The van der Waals surface area contributed by atoms with E-state index < -0.39 is 5.79 Å². The number of hydrogen-bond acceptors (Lipinski definition) is 3. The lowest BCUT2D eigenvalue weighted by molar-refractivity contribution is -0.187. The molecule has 4 rings (SSSR count). The maximum absolute atomic E-state index is 13.4. The monoisotopic (exact) mass is 369 g/mol. The van der Waals surface area contributed by atoms with Gasteiger partial charge in [0.25, 0.3) is 0 Å². The minimum atomic E-state index is -0.498. The lowest BCUT2D eigenvalue weighted by Crippen LogP contribution is -2.48. The van der Waals surface area contributed by atoms with Crippen LogP contribution in [0.1, 0.15) is 29.9 Å². The van der Waals surface area contributed by atoms with E-state index in [1.807, 2.05) is 35.2 Å². The number of ether oxygens (including phenoxy) is 2. The summed E-state index contributed by atoms with van der Waals surface area (Å²) in [5.41, 5.74) is 1.94. The standard InChI is InChI=1S/C22H24FNO3/c23-19-8-6-18(7-9-19)20(16-17-4-2-1-3-5-17)21(25)24-12-10-22(11-13-24)26-14-15-27-22/h1-9,20H,10-16H2. The van der Waals surface area contributed by atoms with Crippen LogP contribution in [0.15, 0.2) is 54.6 Å². The van der Waals surface area contributed by atoms with Crippen molar-refractivity contribution in [1.29, 1.82) is 0 Å². The second-order valence-corrected chi connectivity index (χ2v) is 7.23. The van der Waals surface area contributed by atoms with Crippen molar-refractivity contribution >= 4 is 5.91 Å². The van der Waals surface area contributed by atoms with Crippen LogP contribution in [0.2, 0.25) is 0 Å². The second kappa shape index (κ2) is 7.79. The molecule has 0 N–H and O–H groups in total. The second-order valence-electron chi connectivity index (χ2n) is 7.23. The van der Waals surface area contributed by atoms with Gasteiger partial charge in [0.05, 0.1) is 19.1 Å². The molecule has 27 heavy (non-hydrogen) atoms. The van der Waals surface area contributed by atoms with Gasteiger partial charge in [0.1, 0.15) is 5.82 Å². The van der Waals surface area contributed by atoms with Crippen LogP contribution in [0.5, 0.6) is 0 Å². The Balaban J connectivity index is 1.52. The first-order valence-electron chi connectivity index (χ1n) is 9.51. The molecule has 2 saturated heterocycles. The number of carbonyl (C=O) groups excluding carboxylic acids is 1. The summed E-state index contributed by atoms with van der Waals surface area (Å²) in [6.45, 7) is 2.48. The molecule has 1 amide bonds. The molecule has 2 heterocycles. The van der Waals surface area contributed by atoms with Gasteiger partial charge in [0.2, 0.25) is 5.91 Å². The van der Waals surface area contributed by atoms with Crippen molar-refractivity contribution in [2.45, 2.75) is 31.0 Å². The number of amides is 1. The van der Waals surface area contributed by atoms with Crippen LogP contribution < -0.4 is 0 Å². The van der Waals surface area contributed by atoms with Gasteiger partial charge in [-0.05, 0) is 29.7 Å². The van der Waals surface area contributed by atoms with E-state index in [0.717, 1.165) is 11.1 Å². The van der Waals surface area contributed by atoms with Crippen molar-refractivity contribution in [3.05, 3.63) is 71.5 Å². The van der Waals surface area contributed by atoms with E-state index in [1.54, 1.807) is 12.1 Å². The van der Waals surface area contributed by atoms with E-state index >= 15 is 0 Å². The Morgan fingerprint density at radius 2 is 1.63 bits per heavy atom. The lowest BCUT2D eigenvalue weighted by atomic mass is 9.89. The van der Waals surface area contributed by atoms with Crippen LogP contribution in [0.4, 0.5) is 4.39 Å². The van der Waals surface area contributed by atoms with Crippen LogP contribution in [0, 0.1) is 5.82 Å². The smallest absolute Gasteiger partial charge is 0.230 e. The molecule has 1 atom stereocenters. The summed E-state index contributed by atoms with van der Waals surface area (Å²) in [6, 6.07) is 16.2. The zero-order valence-corrected chi connectivity index (χ0v) is 15.3. The third-order valence-corrected chi connectivity index (χ3v) is 5.50. The summed E-state index contributed by atoms with van der Waals surface area (Å²) in [6.07, 6.45) is 1.99. The van der Waals surface area contributed by atoms with Gasteiger partial charge in [-0.2, -0.15) is 0 Å². The van der Waals surface area contributed by atoms with Crippen LogP contribution in [-0.2, 0) is 20.7 Å². The van der Waals surface area contributed by atoms with Gasteiger partial charge in [-0.3, -0.25) is 4.79 Å². The summed E-state index contributed by atoms with van der Waals surface area (Å²) in [5.74, 6) is -1.03. The molecule has 2 fully saturated rings. The van der Waals surface area contributed by atoms with Crippen molar-refractivity contribution in [2.24, 2.45) is 0 Å². The quantitative estimate of drug-likeness (QED) is 0.828. The molecule has 0 bridgehead atoms. The van der Waals surface area contributed by atoms with Crippen molar-refractivity contribution in [3.63, 3.8) is 0 Å². The average Bonchev–Trinajstić information content (AvgIpc) is 3.16. The molecule has 0 aliphatic carbocycles. The summed E-state index contributed by atoms with van der Waals surface area (Å²) in [5, 5.41) is 0. The Bertz CT molecular complexity index is 762.